The number of aromatic nitrogens is 1. The maximum absolute atomic E-state index is 9.59. The Morgan fingerprint density at radius 3 is 2.57 bits per heavy atom. The minimum atomic E-state index is -1.000. The Labute approximate surface area is 166 Å². The Morgan fingerprint density at radius 2 is 1.96 bits per heavy atom. The molecule has 0 aliphatic heterocycles. The van der Waals surface area contributed by atoms with Crippen molar-refractivity contribution in [1.82, 2.24) is 4.98 Å². The van der Waals surface area contributed by atoms with E-state index in [1.54, 1.807) is 6.26 Å². The van der Waals surface area contributed by atoms with E-state index in [4.69, 9.17) is 15.1 Å². The average molecular weight is 383 g/mol. The van der Waals surface area contributed by atoms with Crippen molar-refractivity contribution in [2.24, 2.45) is 5.73 Å². The Morgan fingerprint density at radius 1 is 1.21 bits per heavy atom. The molecule has 1 aliphatic rings. The van der Waals surface area contributed by atoms with Gasteiger partial charge in [-0.15, -0.1) is 0 Å². The lowest BCUT2D eigenvalue weighted by Gasteiger charge is -2.34. The van der Waals surface area contributed by atoms with Gasteiger partial charge in [0.2, 0.25) is 0 Å². The summed E-state index contributed by atoms with van der Waals surface area (Å²) in [6, 6.07) is 10.3. The quantitative estimate of drug-likeness (QED) is 0.618. The highest BCUT2D eigenvalue weighted by atomic mass is 16.3. The van der Waals surface area contributed by atoms with Crippen LogP contribution in [0.1, 0.15) is 49.8 Å². The zero-order chi connectivity index (χ0) is 20.0. The van der Waals surface area contributed by atoms with Crippen LogP contribution >= 0.6 is 0 Å². The zero-order valence-corrected chi connectivity index (χ0v) is 16.5. The molecule has 0 bridgehead atoms. The van der Waals surface area contributed by atoms with E-state index < -0.39 is 5.54 Å². The molecule has 28 heavy (non-hydrogen) atoms. The van der Waals surface area contributed by atoms with Crippen LogP contribution in [0.4, 0.5) is 0 Å². The number of allylic oxidation sites excluding steroid dienone is 4. The van der Waals surface area contributed by atoms with Crippen LogP contribution in [0, 0.1) is 0 Å². The third kappa shape index (κ3) is 4.43. The molecule has 5 nitrogen and oxygen atoms in total. The van der Waals surface area contributed by atoms with Gasteiger partial charge in [0.05, 0.1) is 24.4 Å². The fourth-order valence-electron chi connectivity index (χ4n) is 3.57. The fraction of sp³-hybridized carbons (Fsp3) is 0.435. The van der Waals surface area contributed by atoms with Crippen molar-refractivity contribution in [2.45, 2.75) is 50.0 Å². The number of rotatable bonds is 9. The molecule has 0 spiro atoms. The molecular weight excluding hydrogens is 352 g/mol. The minimum absolute atomic E-state index is 0.256. The molecule has 1 aromatic carbocycles. The number of aryl methyl sites for hydroxylation is 1. The van der Waals surface area contributed by atoms with E-state index in [-0.39, 0.29) is 18.6 Å². The highest BCUT2D eigenvalue weighted by Crippen LogP contribution is 2.40. The molecule has 1 aliphatic carbocycles. The first-order valence-corrected chi connectivity index (χ1v) is 9.94. The zero-order valence-electron chi connectivity index (χ0n) is 16.5. The van der Waals surface area contributed by atoms with Crippen LogP contribution in [-0.4, -0.2) is 33.9 Å². The van der Waals surface area contributed by atoms with Gasteiger partial charge in [0.1, 0.15) is 6.26 Å². The van der Waals surface area contributed by atoms with Gasteiger partial charge in [0.25, 0.3) is 0 Å². The second-order valence-corrected chi connectivity index (χ2v) is 7.77. The summed E-state index contributed by atoms with van der Waals surface area (Å²) in [6.07, 6.45) is 12.0. The lowest BCUT2D eigenvalue weighted by molar-refractivity contribution is 0.108. The number of aliphatic hydroxyl groups is 2. The van der Waals surface area contributed by atoms with Crippen molar-refractivity contribution in [3.63, 3.8) is 0 Å². The van der Waals surface area contributed by atoms with Gasteiger partial charge in [-0.2, -0.15) is 0 Å². The number of nitrogens with two attached hydrogens (primary N) is 1. The Bertz CT molecular complexity index is 821. The average Bonchev–Trinajstić information content (AvgIpc) is 3.23. The van der Waals surface area contributed by atoms with E-state index in [0.717, 1.165) is 30.8 Å². The molecule has 0 fully saturated rings. The fourth-order valence-corrected chi connectivity index (χ4v) is 3.57. The number of hydrogen-bond donors (Lipinski definition) is 3. The van der Waals surface area contributed by atoms with Crippen molar-refractivity contribution in [3.05, 3.63) is 72.0 Å². The van der Waals surface area contributed by atoms with Gasteiger partial charge in [-0.3, -0.25) is 0 Å². The molecule has 1 aromatic heterocycles. The van der Waals surface area contributed by atoms with Gasteiger partial charge in [0, 0.05) is 11.8 Å². The Hall–Kier alpha value is -2.21. The molecule has 2 aromatic rings. The van der Waals surface area contributed by atoms with Crippen molar-refractivity contribution < 1.29 is 14.6 Å². The van der Waals surface area contributed by atoms with Gasteiger partial charge in [0.15, 0.2) is 5.89 Å². The van der Waals surface area contributed by atoms with Crippen molar-refractivity contribution in [3.8, 4) is 0 Å². The van der Waals surface area contributed by atoms with E-state index in [1.165, 1.54) is 11.1 Å². The lowest BCUT2D eigenvalue weighted by Crippen LogP contribution is -2.48. The second-order valence-electron chi connectivity index (χ2n) is 7.77. The molecule has 150 valence electrons. The molecule has 0 saturated carbocycles. The number of benzene rings is 1. The highest BCUT2D eigenvalue weighted by molar-refractivity contribution is 5.75. The molecule has 0 saturated heterocycles. The smallest absolute Gasteiger partial charge is 0.194 e. The van der Waals surface area contributed by atoms with Crippen LogP contribution in [-0.2, 0) is 11.8 Å². The molecular formula is C23H30N2O3. The summed E-state index contributed by atoms with van der Waals surface area (Å²) in [6.45, 7) is 1.59. The molecule has 0 amide bonds. The molecule has 1 heterocycles. The largest absolute Gasteiger partial charge is 0.449 e. The van der Waals surface area contributed by atoms with E-state index >= 15 is 0 Å². The van der Waals surface area contributed by atoms with Crippen molar-refractivity contribution >= 4 is 5.57 Å². The van der Waals surface area contributed by atoms with E-state index in [0.29, 0.717) is 12.8 Å². The van der Waals surface area contributed by atoms with E-state index in [9.17, 15) is 10.2 Å². The summed E-state index contributed by atoms with van der Waals surface area (Å²) in [5, 5.41) is 19.2. The molecule has 3 rings (SSSR count). The highest BCUT2D eigenvalue weighted by Gasteiger charge is 2.36. The number of nitrogens with zero attached hydrogens (tertiary/aromatic N) is 1. The first-order valence-electron chi connectivity index (χ1n) is 9.94. The van der Waals surface area contributed by atoms with Gasteiger partial charge >= 0.3 is 0 Å². The number of oxazole rings is 1. The van der Waals surface area contributed by atoms with E-state index in [1.807, 2.05) is 18.2 Å². The summed E-state index contributed by atoms with van der Waals surface area (Å²) >= 11 is 0. The standard InChI is InChI=1S/C23H30N2O3/c1-2-6-21-25-20(15-28-21)22(13-14-23(24,16-26)17-27)11-9-19(10-12-22)18-7-4-3-5-8-18/h3-5,7-11,15,26-27H,2,6,12-14,16-17,24H2,1H3. The molecule has 5 heteroatoms. The monoisotopic (exact) mass is 382 g/mol. The van der Waals surface area contributed by atoms with Crippen molar-refractivity contribution in [1.29, 1.82) is 0 Å². The second kappa shape index (κ2) is 8.86. The number of hydrogen-bond acceptors (Lipinski definition) is 5. The maximum Gasteiger partial charge on any atom is 0.194 e. The third-order valence-corrected chi connectivity index (χ3v) is 5.60. The van der Waals surface area contributed by atoms with Gasteiger partial charge in [-0.1, -0.05) is 55.5 Å². The maximum atomic E-state index is 9.59. The van der Waals surface area contributed by atoms with Crippen LogP contribution in [0.15, 0.2) is 59.2 Å². The topological polar surface area (TPSA) is 92.5 Å². The Balaban J connectivity index is 1.88. The molecule has 4 N–H and O–H groups in total. The normalized spacial score (nSPS) is 19.6. The van der Waals surface area contributed by atoms with Crippen LogP contribution in [0.5, 0.6) is 0 Å². The van der Waals surface area contributed by atoms with E-state index in [2.05, 4.69) is 37.3 Å². The van der Waals surface area contributed by atoms with Gasteiger partial charge in [-0.25, -0.2) is 4.98 Å². The summed E-state index contributed by atoms with van der Waals surface area (Å²) in [5.74, 6) is 0.742. The summed E-state index contributed by atoms with van der Waals surface area (Å²) < 4.78 is 5.68. The third-order valence-electron chi connectivity index (χ3n) is 5.60. The number of aliphatic hydroxyl groups excluding tert-OH is 2. The Kier molecular flexibility index (Phi) is 6.50. The first-order chi connectivity index (χ1) is 13.5. The molecule has 1 atom stereocenters. The van der Waals surface area contributed by atoms with Crippen LogP contribution in [0.3, 0.4) is 0 Å². The minimum Gasteiger partial charge on any atom is -0.449 e. The van der Waals surface area contributed by atoms with Crippen LogP contribution < -0.4 is 5.73 Å². The van der Waals surface area contributed by atoms with Gasteiger partial charge in [-0.05, 0) is 36.8 Å². The summed E-state index contributed by atoms with van der Waals surface area (Å²) in [4.78, 5) is 4.73. The SMILES string of the molecule is CCCc1nc(C2(CCC(N)(CO)CO)C=CC(c3ccccc3)=CC2)co1. The van der Waals surface area contributed by atoms with Crippen LogP contribution in [0.25, 0.3) is 5.57 Å². The predicted molar refractivity (Wildman–Crippen MR) is 111 cm³/mol. The molecule has 0 radical (unpaired) electrons. The lowest BCUT2D eigenvalue weighted by atomic mass is 9.71. The first kappa shape index (κ1) is 20.5. The molecule has 1 unspecified atom stereocenters. The van der Waals surface area contributed by atoms with Gasteiger partial charge < -0.3 is 20.4 Å². The summed E-state index contributed by atoms with van der Waals surface area (Å²) in [5.41, 5.74) is 8.02. The van der Waals surface area contributed by atoms with Crippen molar-refractivity contribution in [2.75, 3.05) is 13.2 Å². The van der Waals surface area contributed by atoms with Crippen LogP contribution in [0.2, 0.25) is 0 Å². The predicted octanol–water partition coefficient (Wildman–Crippen LogP) is 3.37. The summed E-state index contributed by atoms with van der Waals surface area (Å²) in [7, 11) is 0.